The third-order valence-electron chi connectivity index (χ3n) is 1.32. The molecule has 4 heteroatoms. The highest BCUT2D eigenvalue weighted by Crippen LogP contribution is 1.89. The molecule has 0 unspecified atom stereocenters. The molecule has 0 aliphatic carbocycles. The fourth-order valence-corrected chi connectivity index (χ4v) is 0.627. The zero-order valence-corrected chi connectivity index (χ0v) is 6.50. The lowest BCUT2D eigenvalue weighted by Gasteiger charge is -2.11. The predicted molar refractivity (Wildman–Crippen MR) is 39.5 cm³/mol. The van der Waals surface area contributed by atoms with Gasteiger partial charge in [-0.25, -0.2) is 0 Å². The van der Waals surface area contributed by atoms with Gasteiger partial charge in [-0.05, 0) is 6.42 Å². The number of amides is 1. The average molecular weight is 156 g/mol. The fraction of sp³-hybridized carbons (Fsp3) is 0.714. The van der Waals surface area contributed by atoms with Gasteiger partial charge in [-0.1, -0.05) is 6.92 Å². The molecular weight excluding hydrogens is 144 g/mol. The number of hydrogen-bond acceptors (Lipinski definition) is 3. The molecule has 0 aliphatic rings. The zero-order chi connectivity index (χ0) is 8.69. The maximum absolute atomic E-state index is 10.7. The molecule has 0 bridgehead atoms. The van der Waals surface area contributed by atoms with Crippen molar-refractivity contribution in [2.45, 2.75) is 25.8 Å². The van der Waals surface area contributed by atoms with Gasteiger partial charge in [0.15, 0.2) is 0 Å². The summed E-state index contributed by atoms with van der Waals surface area (Å²) < 4.78 is 0. The second kappa shape index (κ2) is 5.69. The topological polar surface area (TPSA) is 73.1 Å². The van der Waals surface area contributed by atoms with Crippen molar-refractivity contribution < 1.29 is 9.90 Å². The minimum atomic E-state index is -0.326. The van der Waals surface area contributed by atoms with E-state index in [-0.39, 0.29) is 25.0 Å². The molecule has 0 rings (SSSR count). The quantitative estimate of drug-likeness (QED) is 0.591. The first-order valence-electron chi connectivity index (χ1n) is 3.51. The van der Waals surface area contributed by atoms with Crippen LogP contribution in [0.25, 0.3) is 0 Å². The van der Waals surface area contributed by atoms with Gasteiger partial charge in [0.2, 0.25) is 5.91 Å². The van der Waals surface area contributed by atoms with E-state index in [1.807, 2.05) is 6.92 Å². The molecule has 0 radical (unpaired) electrons. The molecule has 0 saturated heterocycles. The smallest absolute Gasteiger partial charge is 0.234 e. The standard InChI is InChI=1S/C7H12N2O2/c1-2-6(5-10)9-7(11)3-4-8/h6,10H,2-3,5H2,1H3,(H,9,11)/t6-/m0/s1. The van der Waals surface area contributed by atoms with Gasteiger partial charge in [0, 0.05) is 0 Å². The molecule has 1 atom stereocenters. The van der Waals surface area contributed by atoms with Crippen LogP contribution in [0.3, 0.4) is 0 Å². The highest BCUT2D eigenvalue weighted by Gasteiger charge is 2.07. The Balaban J connectivity index is 3.64. The van der Waals surface area contributed by atoms with Crippen molar-refractivity contribution in [3.63, 3.8) is 0 Å². The predicted octanol–water partition coefficient (Wildman–Crippen LogP) is -0.213. The Morgan fingerprint density at radius 2 is 2.45 bits per heavy atom. The molecule has 0 aromatic heterocycles. The van der Waals surface area contributed by atoms with E-state index >= 15 is 0 Å². The van der Waals surface area contributed by atoms with Gasteiger partial charge in [0.05, 0.1) is 18.7 Å². The average Bonchev–Trinajstić information content (AvgIpc) is 2.01. The molecule has 0 spiro atoms. The summed E-state index contributed by atoms with van der Waals surface area (Å²) in [6, 6.07) is 1.52. The highest BCUT2D eigenvalue weighted by atomic mass is 16.3. The maximum Gasteiger partial charge on any atom is 0.234 e. The number of nitrogens with zero attached hydrogens (tertiary/aromatic N) is 1. The Bertz CT molecular complexity index is 158. The van der Waals surface area contributed by atoms with Crippen molar-refractivity contribution in [3.05, 3.63) is 0 Å². The minimum absolute atomic E-state index is 0.0757. The summed E-state index contributed by atoms with van der Waals surface area (Å²) in [6.45, 7) is 1.78. The van der Waals surface area contributed by atoms with Crippen LogP contribution in [0.1, 0.15) is 19.8 Å². The number of nitriles is 1. The molecule has 0 aromatic rings. The Labute approximate surface area is 65.8 Å². The molecule has 2 N–H and O–H groups in total. The summed E-state index contributed by atoms with van der Waals surface area (Å²) in [5.41, 5.74) is 0. The molecule has 62 valence electrons. The van der Waals surface area contributed by atoms with Crippen LogP contribution in [0, 0.1) is 11.3 Å². The lowest BCUT2D eigenvalue weighted by atomic mass is 10.2. The lowest BCUT2D eigenvalue weighted by Crippen LogP contribution is -2.36. The molecule has 4 nitrogen and oxygen atoms in total. The van der Waals surface area contributed by atoms with Crippen molar-refractivity contribution in [2.24, 2.45) is 0 Å². The molecule has 0 aliphatic heterocycles. The SMILES string of the molecule is CC[C@@H](CO)NC(=O)CC#N. The lowest BCUT2D eigenvalue weighted by molar-refractivity contribution is -0.121. The number of rotatable bonds is 4. The normalized spacial score (nSPS) is 11.7. The Morgan fingerprint density at radius 1 is 1.82 bits per heavy atom. The molecule has 0 saturated carbocycles. The summed E-state index contributed by atoms with van der Waals surface area (Å²) in [6.07, 6.45) is 0.532. The van der Waals surface area contributed by atoms with E-state index in [0.717, 1.165) is 0 Å². The number of carbonyl (C=O) groups is 1. The molecule has 0 heterocycles. The summed E-state index contributed by atoms with van der Waals surface area (Å²) in [5.74, 6) is -0.326. The number of aliphatic hydroxyl groups is 1. The summed E-state index contributed by atoms with van der Waals surface area (Å²) in [7, 11) is 0. The molecule has 0 fully saturated rings. The van der Waals surface area contributed by atoms with Crippen LogP contribution in [0.2, 0.25) is 0 Å². The number of carbonyl (C=O) groups excluding carboxylic acids is 1. The Kier molecular flexibility index (Phi) is 5.13. The van der Waals surface area contributed by atoms with Crippen LogP contribution < -0.4 is 5.32 Å². The van der Waals surface area contributed by atoms with Gasteiger partial charge >= 0.3 is 0 Å². The van der Waals surface area contributed by atoms with Crippen molar-refractivity contribution in [2.75, 3.05) is 6.61 Å². The van der Waals surface area contributed by atoms with Gasteiger partial charge in [-0.15, -0.1) is 0 Å². The van der Waals surface area contributed by atoms with Crippen LogP contribution in [0.4, 0.5) is 0 Å². The third-order valence-corrected chi connectivity index (χ3v) is 1.32. The molecular formula is C7H12N2O2. The maximum atomic E-state index is 10.7. The van der Waals surface area contributed by atoms with Gasteiger partial charge in [0.25, 0.3) is 0 Å². The van der Waals surface area contributed by atoms with Crippen molar-refractivity contribution in [1.29, 1.82) is 5.26 Å². The van der Waals surface area contributed by atoms with E-state index in [1.54, 1.807) is 6.07 Å². The van der Waals surface area contributed by atoms with Crippen molar-refractivity contribution >= 4 is 5.91 Å². The summed E-state index contributed by atoms with van der Waals surface area (Å²) in [4.78, 5) is 10.7. The zero-order valence-electron chi connectivity index (χ0n) is 6.50. The van der Waals surface area contributed by atoms with Crippen LogP contribution in [-0.4, -0.2) is 23.7 Å². The van der Waals surface area contributed by atoms with Gasteiger partial charge < -0.3 is 10.4 Å². The second-order valence-corrected chi connectivity index (χ2v) is 2.19. The van der Waals surface area contributed by atoms with E-state index in [2.05, 4.69) is 5.32 Å². The largest absolute Gasteiger partial charge is 0.394 e. The van der Waals surface area contributed by atoms with E-state index in [4.69, 9.17) is 10.4 Å². The molecule has 11 heavy (non-hydrogen) atoms. The van der Waals surface area contributed by atoms with Gasteiger partial charge in [-0.2, -0.15) is 5.26 Å². The first-order chi connectivity index (χ1) is 5.24. The van der Waals surface area contributed by atoms with Gasteiger partial charge in [0.1, 0.15) is 6.42 Å². The summed E-state index contributed by atoms with van der Waals surface area (Å²) in [5, 5.41) is 19.3. The fourth-order valence-electron chi connectivity index (χ4n) is 0.627. The molecule has 0 aromatic carbocycles. The Hall–Kier alpha value is -1.08. The third kappa shape index (κ3) is 4.34. The highest BCUT2D eigenvalue weighted by molar-refractivity contribution is 5.78. The van der Waals surface area contributed by atoms with Crippen LogP contribution in [0.15, 0.2) is 0 Å². The van der Waals surface area contributed by atoms with E-state index < -0.39 is 0 Å². The van der Waals surface area contributed by atoms with E-state index in [9.17, 15) is 4.79 Å². The first kappa shape index (κ1) is 9.92. The number of hydrogen-bond donors (Lipinski definition) is 2. The number of aliphatic hydroxyl groups excluding tert-OH is 1. The minimum Gasteiger partial charge on any atom is -0.394 e. The monoisotopic (exact) mass is 156 g/mol. The van der Waals surface area contributed by atoms with E-state index in [1.165, 1.54) is 0 Å². The van der Waals surface area contributed by atoms with Crippen LogP contribution in [-0.2, 0) is 4.79 Å². The van der Waals surface area contributed by atoms with Crippen molar-refractivity contribution in [1.82, 2.24) is 5.32 Å². The van der Waals surface area contributed by atoms with E-state index in [0.29, 0.717) is 6.42 Å². The van der Waals surface area contributed by atoms with Crippen LogP contribution >= 0.6 is 0 Å². The summed E-state index contributed by atoms with van der Waals surface area (Å²) >= 11 is 0. The van der Waals surface area contributed by atoms with Crippen LogP contribution in [0.5, 0.6) is 0 Å². The number of nitrogens with one attached hydrogen (secondary N) is 1. The second-order valence-electron chi connectivity index (χ2n) is 2.19. The molecule has 1 amide bonds. The van der Waals surface area contributed by atoms with Gasteiger partial charge in [-0.3, -0.25) is 4.79 Å². The van der Waals surface area contributed by atoms with Crippen molar-refractivity contribution in [3.8, 4) is 6.07 Å². The Morgan fingerprint density at radius 3 is 2.82 bits per heavy atom. The first-order valence-corrected chi connectivity index (χ1v) is 3.51.